The molecule has 0 aromatic carbocycles. The van der Waals surface area contributed by atoms with E-state index in [0.29, 0.717) is 0 Å². The minimum Gasteiger partial charge on any atom is -0.480 e. The van der Waals surface area contributed by atoms with E-state index >= 15 is 0 Å². The van der Waals surface area contributed by atoms with Crippen molar-refractivity contribution in [3.8, 4) is 0 Å². The summed E-state index contributed by atoms with van der Waals surface area (Å²) >= 11 is 0. The highest BCUT2D eigenvalue weighted by atomic mass is 32.2. The molecule has 5 nitrogen and oxygen atoms in total. The smallest absolute Gasteiger partial charge is 0.317 e. The van der Waals surface area contributed by atoms with Crippen LogP contribution in [0.3, 0.4) is 0 Å². The SMILES string of the molecule is C=CS(=O)(=O)C=C.NCC(=O)O. The summed E-state index contributed by atoms with van der Waals surface area (Å²) in [6.45, 7) is 5.81. The molecule has 0 aliphatic carbocycles. The van der Waals surface area contributed by atoms with Gasteiger partial charge in [-0.1, -0.05) is 13.2 Å². The van der Waals surface area contributed by atoms with Crippen LogP contribution >= 0.6 is 0 Å². The predicted molar refractivity (Wildman–Crippen MR) is 46.0 cm³/mol. The number of hydrogen-bond acceptors (Lipinski definition) is 4. The van der Waals surface area contributed by atoms with Gasteiger partial charge in [-0.15, -0.1) is 0 Å². The van der Waals surface area contributed by atoms with Gasteiger partial charge < -0.3 is 10.8 Å². The first-order valence-corrected chi connectivity index (χ1v) is 4.42. The lowest BCUT2D eigenvalue weighted by Crippen LogP contribution is -2.10. The molecule has 0 bridgehead atoms. The summed E-state index contributed by atoms with van der Waals surface area (Å²) in [4.78, 5) is 9.24. The maximum absolute atomic E-state index is 10.1. The predicted octanol–water partition coefficient (Wildman–Crippen LogP) is -0.282. The molecular formula is C6H11NO4S. The first-order valence-electron chi connectivity index (χ1n) is 2.81. The average molecular weight is 193 g/mol. The Balaban J connectivity index is 0. The topological polar surface area (TPSA) is 97.5 Å². The van der Waals surface area contributed by atoms with Gasteiger partial charge in [-0.25, -0.2) is 8.42 Å². The van der Waals surface area contributed by atoms with Crippen molar-refractivity contribution in [3.63, 3.8) is 0 Å². The van der Waals surface area contributed by atoms with E-state index < -0.39 is 15.8 Å². The molecule has 0 aromatic heterocycles. The second-order valence-electron chi connectivity index (χ2n) is 1.52. The van der Waals surface area contributed by atoms with Crippen LogP contribution in [0, 0.1) is 0 Å². The molecule has 0 atom stereocenters. The molecule has 0 radical (unpaired) electrons. The molecule has 0 saturated carbocycles. The van der Waals surface area contributed by atoms with Crippen LogP contribution < -0.4 is 5.73 Å². The van der Waals surface area contributed by atoms with Crippen LogP contribution in [-0.2, 0) is 14.6 Å². The van der Waals surface area contributed by atoms with Crippen LogP contribution in [0.4, 0.5) is 0 Å². The lowest BCUT2D eigenvalue weighted by atomic mass is 10.7. The fourth-order valence-electron chi connectivity index (χ4n) is 0.0680. The van der Waals surface area contributed by atoms with Gasteiger partial charge in [-0.05, 0) is 0 Å². The minimum atomic E-state index is -3.13. The Morgan fingerprint density at radius 1 is 1.42 bits per heavy atom. The fourth-order valence-corrected chi connectivity index (χ4v) is 0.204. The van der Waals surface area contributed by atoms with E-state index in [9.17, 15) is 13.2 Å². The Labute approximate surface area is 71.1 Å². The van der Waals surface area contributed by atoms with Gasteiger partial charge in [0.1, 0.15) is 0 Å². The molecule has 0 rings (SSSR count). The minimum absolute atomic E-state index is 0.278. The molecule has 0 amide bonds. The molecule has 0 fully saturated rings. The number of carboxylic acids is 1. The zero-order chi connectivity index (χ0) is 10.2. The van der Waals surface area contributed by atoms with Gasteiger partial charge in [0.25, 0.3) is 0 Å². The molecule has 70 valence electrons. The zero-order valence-corrected chi connectivity index (χ0v) is 7.25. The van der Waals surface area contributed by atoms with E-state index in [1.54, 1.807) is 0 Å². The highest BCUT2D eigenvalue weighted by molar-refractivity contribution is 7.97. The molecule has 6 heteroatoms. The fraction of sp³-hybridized carbons (Fsp3) is 0.167. The van der Waals surface area contributed by atoms with Crippen LogP contribution in [0.15, 0.2) is 24.0 Å². The van der Waals surface area contributed by atoms with E-state index in [2.05, 4.69) is 18.9 Å². The van der Waals surface area contributed by atoms with Crippen molar-refractivity contribution in [2.45, 2.75) is 0 Å². The molecule has 0 aliphatic rings. The Hall–Kier alpha value is -1.14. The van der Waals surface area contributed by atoms with Crippen LogP contribution in [-0.4, -0.2) is 26.0 Å². The molecule has 0 aliphatic heterocycles. The second-order valence-corrected chi connectivity index (χ2v) is 3.36. The number of sulfone groups is 1. The average Bonchev–Trinajstić information content (AvgIpc) is 2.05. The Morgan fingerprint density at radius 3 is 1.67 bits per heavy atom. The highest BCUT2D eigenvalue weighted by Gasteiger charge is 1.90. The van der Waals surface area contributed by atoms with E-state index in [-0.39, 0.29) is 6.54 Å². The molecule has 12 heavy (non-hydrogen) atoms. The van der Waals surface area contributed by atoms with Gasteiger partial charge >= 0.3 is 5.97 Å². The monoisotopic (exact) mass is 193 g/mol. The quantitative estimate of drug-likeness (QED) is 0.642. The maximum atomic E-state index is 10.1. The van der Waals surface area contributed by atoms with E-state index in [1.165, 1.54) is 0 Å². The molecule has 0 saturated heterocycles. The Kier molecular flexibility index (Phi) is 7.36. The van der Waals surface area contributed by atoms with Crippen molar-refractivity contribution in [1.82, 2.24) is 0 Å². The van der Waals surface area contributed by atoms with Crippen LogP contribution in [0.5, 0.6) is 0 Å². The van der Waals surface area contributed by atoms with Crippen LogP contribution in [0.1, 0.15) is 0 Å². The Bertz CT molecular complexity index is 241. The summed E-state index contributed by atoms with van der Waals surface area (Å²) in [5, 5.41) is 9.29. The highest BCUT2D eigenvalue weighted by Crippen LogP contribution is 1.87. The summed E-state index contributed by atoms with van der Waals surface area (Å²) in [6.07, 6.45) is 0. The molecular weight excluding hydrogens is 182 g/mol. The molecule has 0 heterocycles. The van der Waals surface area contributed by atoms with Crippen LogP contribution in [0.2, 0.25) is 0 Å². The largest absolute Gasteiger partial charge is 0.480 e. The van der Waals surface area contributed by atoms with Crippen molar-refractivity contribution in [1.29, 1.82) is 0 Å². The van der Waals surface area contributed by atoms with Crippen molar-refractivity contribution < 1.29 is 18.3 Å². The van der Waals surface area contributed by atoms with Gasteiger partial charge in [0.15, 0.2) is 9.84 Å². The summed E-state index contributed by atoms with van der Waals surface area (Å²) in [5.41, 5.74) is 4.57. The van der Waals surface area contributed by atoms with Gasteiger partial charge in [0.2, 0.25) is 0 Å². The summed E-state index contributed by atoms with van der Waals surface area (Å²) in [7, 11) is -3.13. The van der Waals surface area contributed by atoms with Crippen molar-refractivity contribution in [2.75, 3.05) is 6.54 Å². The first-order chi connectivity index (χ1) is 5.39. The van der Waals surface area contributed by atoms with Gasteiger partial charge in [-0.2, -0.15) is 0 Å². The number of aliphatic carboxylic acids is 1. The van der Waals surface area contributed by atoms with Gasteiger partial charge in [0, 0.05) is 10.8 Å². The van der Waals surface area contributed by atoms with E-state index in [0.717, 1.165) is 10.8 Å². The molecule has 0 spiro atoms. The third-order valence-corrected chi connectivity index (χ3v) is 1.57. The van der Waals surface area contributed by atoms with E-state index in [4.69, 9.17) is 5.11 Å². The summed E-state index contributed by atoms with van der Waals surface area (Å²) < 4.78 is 20.3. The lowest BCUT2D eigenvalue weighted by molar-refractivity contribution is -0.135. The number of rotatable bonds is 3. The van der Waals surface area contributed by atoms with Crippen molar-refractivity contribution >= 4 is 15.8 Å². The molecule has 3 N–H and O–H groups in total. The summed E-state index contributed by atoms with van der Waals surface area (Å²) in [6, 6.07) is 0. The molecule has 0 unspecified atom stereocenters. The standard InChI is InChI=1S/C4H6O2S.C2H5NO2/c1-3-7(5,6)4-2;3-1-2(4)5/h3-4H,1-2H2;1,3H2,(H,4,5). The second kappa shape index (κ2) is 6.56. The molecule has 0 aromatic rings. The maximum Gasteiger partial charge on any atom is 0.317 e. The Morgan fingerprint density at radius 2 is 1.67 bits per heavy atom. The zero-order valence-electron chi connectivity index (χ0n) is 6.43. The van der Waals surface area contributed by atoms with Crippen LogP contribution in [0.25, 0.3) is 0 Å². The number of carbonyl (C=O) groups is 1. The number of carboxylic acid groups (broad SMARTS) is 1. The number of hydrogen-bond donors (Lipinski definition) is 2. The third-order valence-electron chi connectivity index (χ3n) is 0.639. The first kappa shape index (κ1) is 13.4. The van der Waals surface area contributed by atoms with Crippen molar-refractivity contribution in [2.24, 2.45) is 5.73 Å². The normalized spacial score (nSPS) is 9.08. The van der Waals surface area contributed by atoms with Gasteiger partial charge in [0.05, 0.1) is 6.54 Å². The third kappa shape index (κ3) is 11.6. The van der Waals surface area contributed by atoms with Gasteiger partial charge in [-0.3, -0.25) is 4.79 Å². The number of nitrogens with two attached hydrogens (primary N) is 1. The van der Waals surface area contributed by atoms with Crippen molar-refractivity contribution in [3.05, 3.63) is 24.0 Å². The van der Waals surface area contributed by atoms with E-state index in [1.807, 2.05) is 0 Å². The summed E-state index contributed by atoms with van der Waals surface area (Å²) in [5.74, 6) is -0.968. The lowest BCUT2D eigenvalue weighted by Gasteiger charge is -1.78.